The van der Waals surface area contributed by atoms with Crippen LogP contribution < -0.4 is 5.32 Å². The van der Waals surface area contributed by atoms with Crippen molar-refractivity contribution in [3.05, 3.63) is 24.2 Å². The quantitative estimate of drug-likeness (QED) is 0.823. The maximum absolute atomic E-state index is 5.37. The largest absolute Gasteiger partial charge is 0.468 e. The van der Waals surface area contributed by atoms with E-state index < -0.39 is 0 Å². The molecule has 1 heterocycles. The molecule has 1 aromatic heterocycles. The summed E-state index contributed by atoms with van der Waals surface area (Å²) in [5.41, 5.74) is 0. The third kappa shape index (κ3) is 3.86. The van der Waals surface area contributed by atoms with Gasteiger partial charge < -0.3 is 9.73 Å². The SMILES string of the molecule is CC(CNC1CCCC1)N(C)Cc1ccco1. The first-order valence-electron chi connectivity index (χ1n) is 6.71. The molecule has 0 bridgehead atoms. The summed E-state index contributed by atoms with van der Waals surface area (Å²) in [5, 5.41) is 3.67. The van der Waals surface area contributed by atoms with Crippen molar-refractivity contribution in [2.24, 2.45) is 0 Å². The number of likely N-dealkylation sites (N-methyl/N-ethyl adjacent to an activating group) is 1. The highest BCUT2D eigenvalue weighted by Gasteiger charge is 2.16. The molecule has 0 saturated heterocycles. The van der Waals surface area contributed by atoms with E-state index in [1.807, 2.05) is 12.1 Å². The Hall–Kier alpha value is -0.800. The number of hydrogen-bond acceptors (Lipinski definition) is 3. The molecule has 1 atom stereocenters. The van der Waals surface area contributed by atoms with Gasteiger partial charge in [-0.15, -0.1) is 0 Å². The molecule has 1 fully saturated rings. The van der Waals surface area contributed by atoms with Gasteiger partial charge in [-0.3, -0.25) is 4.90 Å². The average molecular weight is 236 g/mol. The predicted octanol–water partition coefficient (Wildman–Crippen LogP) is 2.63. The highest BCUT2D eigenvalue weighted by molar-refractivity contribution is 4.98. The minimum atomic E-state index is 0.542. The minimum Gasteiger partial charge on any atom is -0.468 e. The van der Waals surface area contributed by atoms with E-state index in [2.05, 4.69) is 24.2 Å². The molecule has 0 aromatic carbocycles. The van der Waals surface area contributed by atoms with Crippen molar-refractivity contribution >= 4 is 0 Å². The molecule has 0 radical (unpaired) electrons. The van der Waals surface area contributed by atoms with Crippen LogP contribution in [0.2, 0.25) is 0 Å². The van der Waals surface area contributed by atoms with Crippen LogP contribution in [-0.2, 0) is 6.54 Å². The molecular weight excluding hydrogens is 212 g/mol. The fourth-order valence-electron chi connectivity index (χ4n) is 2.43. The molecule has 3 heteroatoms. The van der Waals surface area contributed by atoms with Crippen LogP contribution >= 0.6 is 0 Å². The molecule has 1 saturated carbocycles. The Morgan fingerprint density at radius 2 is 2.24 bits per heavy atom. The molecule has 96 valence electrons. The first-order chi connectivity index (χ1) is 8.25. The van der Waals surface area contributed by atoms with Gasteiger partial charge >= 0.3 is 0 Å². The van der Waals surface area contributed by atoms with E-state index in [1.165, 1.54) is 25.7 Å². The second kappa shape index (κ2) is 6.22. The Kier molecular flexibility index (Phi) is 4.63. The third-order valence-corrected chi connectivity index (χ3v) is 3.79. The Morgan fingerprint density at radius 3 is 2.88 bits per heavy atom. The van der Waals surface area contributed by atoms with Crippen LogP contribution in [0.1, 0.15) is 38.4 Å². The summed E-state index contributed by atoms with van der Waals surface area (Å²) in [6.07, 6.45) is 7.25. The number of nitrogens with zero attached hydrogens (tertiary/aromatic N) is 1. The Labute approximate surface area is 104 Å². The zero-order chi connectivity index (χ0) is 12.1. The Bertz CT molecular complexity index is 304. The highest BCUT2D eigenvalue weighted by Crippen LogP contribution is 2.17. The first-order valence-corrected chi connectivity index (χ1v) is 6.71. The van der Waals surface area contributed by atoms with Gasteiger partial charge in [0.2, 0.25) is 0 Å². The van der Waals surface area contributed by atoms with Crippen molar-refractivity contribution in [1.82, 2.24) is 10.2 Å². The normalized spacial score (nSPS) is 19.0. The van der Waals surface area contributed by atoms with E-state index in [4.69, 9.17) is 4.42 Å². The topological polar surface area (TPSA) is 28.4 Å². The highest BCUT2D eigenvalue weighted by atomic mass is 16.3. The van der Waals surface area contributed by atoms with Crippen LogP contribution in [0.4, 0.5) is 0 Å². The van der Waals surface area contributed by atoms with E-state index in [9.17, 15) is 0 Å². The van der Waals surface area contributed by atoms with Crippen LogP contribution in [-0.4, -0.2) is 30.6 Å². The molecule has 1 N–H and O–H groups in total. The predicted molar refractivity (Wildman–Crippen MR) is 69.9 cm³/mol. The zero-order valence-corrected chi connectivity index (χ0v) is 11.0. The van der Waals surface area contributed by atoms with E-state index in [-0.39, 0.29) is 0 Å². The van der Waals surface area contributed by atoms with E-state index >= 15 is 0 Å². The van der Waals surface area contributed by atoms with Crippen LogP contribution in [0, 0.1) is 0 Å². The summed E-state index contributed by atoms with van der Waals surface area (Å²) in [4.78, 5) is 2.33. The second-order valence-corrected chi connectivity index (χ2v) is 5.23. The number of furan rings is 1. The molecule has 1 aliphatic carbocycles. The van der Waals surface area contributed by atoms with Crippen molar-refractivity contribution < 1.29 is 4.42 Å². The molecule has 0 aliphatic heterocycles. The van der Waals surface area contributed by atoms with E-state index in [0.717, 1.165) is 24.9 Å². The number of nitrogens with one attached hydrogen (secondary N) is 1. The van der Waals surface area contributed by atoms with Gasteiger partial charge in [-0.25, -0.2) is 0 Å². The van der Waals surface area contributed by atoms with Gasteiger partial charge in [-0.2, -0.15) is 0 Å². The molecule has 17 heavy (non-hydrogen) atoms. The molecule has 1 unspecified atom stereocenters. The molecular formula is C14H24N2O. The minimum absolute atomic E-state index is 0.542. The molecule has 0 amide bonds. The molecule has 0 spiro atoms. The summed E-state index contributed by atoms with van der Waals surface area (Å²) in [5.74, 6) is 1.04. The maximum Gasteiger partial charge on any atom is 0.117 e. The summed E-state index contributed by atoms with van der Waals surface area (Å²) in [6.45, 7) is 4.23. The van der Waals surface area contributed by atoms with Crippen molar-refractivity contribution in [3.8, 4) is 0 Å². The van der Waals surface area contributed by atoms with Gasteiger partial charge in [0.25, 0.3) is 0 Å². The summed E-state index contributed by atoms with van der Waals surface area (Å²) in [7, 11) is 2.16. The second-order valence-electron chi connectivity index (χ2n) is 5.23. The molecule has 3 nitrogen and oxygen atoms in total. The zero-order valence-electron chi connectivity index (χ0n) is 11.0. The smallest absolute Gasteiger partial charge is 0.117 e. The Morgan fingerprint density at radius 1 is 1.47 bits per heavy atom. The lowest BCUT2D eigenvalue weighted by molar-refractivity contribution is 0.220. The van der Waals surface area contributed by atoms with Crippen molar-refractivity contribution in [2.45, 2.75) is 51.2 Å². The monoisotopic (exact) mass is 236 g/mol. The van der Waals surface area contributed by atoms with Gasteiger partial charge in [-0.1, -0.05) is 12.8 Å². The number of hydrogen-bond donors (Lipinski definition) is 1. The lowest BCUT2D eigenvalue weighted by atomic mass is 10.2. The van der Waals surface area contributed by atoms with Crippen molar-refractivity contribution in [2.75, 3.05) is 13.6 Å². The summed E-state index contributed by atoms with van der Waals surface area (Å²) >= 11 is 0. The van der Waals surface area contributed by atoms with Crippen molar-refractivity contribution in [3.63, 3.8) is 0 Å². The molecule has 1 aromatic rings. The lowest BCUT2D eigenvalue weighted by Gasteiger charge is -2.25. The lowest BCUT2D eigenvalue weighted by Crippen LogP contribution is -2.40. The Balaban J connectivity index is 1.69. The maximum atomic E-state index is 5.37. The van der Waals surface area contributed by atoms with E-state index in [0.29, 0.717) is 6.04 Å². The van der Waals surface area contributed by atoms with Crippen LogP contribution in [0.5, 0.6) is 0 Å². The average Bonchev–Trinajstić information content (AvgIpc) is 2.98. The van der Waals surface area contributed by atoms with Gasteiger partial charge in [0.05, 0.1) is 12.8 Å². The van der Waals surface area contributed by atoms with Crippen LogP contribution in [0.3, 0.4) is 0 Å². The molecule has 2 rings (SSSR count). The fraction of sp³-hybridized carbons (Fsp3) is 0.714. The summed E-state index contributed by atoms with van der Waals surface area (Å²) in [6, 6.07) is 5.29. The van der Waals surface area contributed by atoms with Gasteiger partial charge in [0, 0.05) is 18.6 Å². The van der Waals surface area contributed by atoms with Gasteiger partial charge in [-0.05, 0) is 38.9 Å². The number of rotatable bonds is 6. The molecule has 1 aliphatic rings. The van der Waals surface area contributed by atoms with Crippen LogP contribution in [0.25, 0.3) is 0 Å². The standard InChI is InChI=1S/C14H24N2O/c1-12(10-15-13-6-3-4-7-13)16(2)11-14-8-5-9-17-14/h5,8-9,12-13,15H,3-4,6-7,10-11H2,1-2H3. The first kappa shape index (κ1) is 12.7. The van der Waals surface area contributed by atoms with Gasteiger partial charge in [0.15, 0.2) is 0 Å². The third-order valence-electron chi connectivity index (χ3n) is 3.79. The van der Waals surface area contributed by atoms with E-state index in [1.54, 1.807) is 6.26 Å². The fourth-order valence-corrected chi connectivity index (χ4v) is 2.43. The van der Waals surface area contributed by atoms with Gasteiger partial charge in [0.1, 0.15) is 5.76 Å². The summed E-state index contributed by atoms with van der Waals surface area (Å²) < 4.78 is 5.37. The van der Waals surface area contributed by atoms with Crippen LogP contribution in [0.15, 0.2) is 22.8 Å². The van der Waals surface area contributed by atoms with Crippen molar-refractivity contribution in [1.29, 1.82) is 0 Å².